The molecule has 0 saturated heterocycles. The van der Waals surface area contributed by atoms with E-state index in [1.54, 1.807) is 12.4 Å². The summed E-state index contributed by atoms with van der Waals surface area (Å²) in [5, 5.41) is 0. The summed E-state index contributed by atoms with van der Waals surface area (Å²) >= 11 is 3.46. The van der Waals surface area contributed by atoms with Gasteiger partial charge < -0.3 is 10.6 Å². The Kier molecular flexibility index (Phi) is 3.04. The van der Waals surface area contributed by atoms with E-state index in [1.165, 1.54) is 0 Å². The van der Waals surface area contributed by atoms with Crippen LogP contribution in [0.25, 0.3) is 0 Å². The highest BCUT2D eigenvalue weighted by atomic mass is 79.9. The van der Waals surface area contributed by atoms with Crippen molar-refractivity contribution in [2.24, 2.45) is 0 Å². The van der Waals surface area contributed by atoms with Gasteiger partial charge in [0, 0.05) is 18.8 Å². The van der Waals surface area contributed by atoms with E-state index in [-0.39, 0.29) is 5.54 Å². The Balaban J connectivity index is 3.19. The highest BCUT2D eigenvalue weighted by molar-refractivity contribution is 9.10. The molecule has 1 heterocycles. The Morgan fingerprint density at radius 3 is 2.36 bits per heavy atom. The normalized spacial score (nSPS) is 11.5. The molecule has 0 aromatic carbocycles. The fraction of sp³-hybridized carbons (Fsp3) is 0.500. The monoisotopic (exact) mass is 257 g/mol. The number of hydrogen-bond acceptors (Lipinski definition) is 3. The van der Waals surface area contributed by atoms with Gasteiger partial charge in [0.1, 0.15) is 0 Å². The van der Waals surface area contributed by atoms with Gasteiger partial charge in [0.15, 0.2) is 0 Å². The molecule has 1 aromatic heterocycles. The lowest BCUT2D eigenvalue weighted by Gasteiger charge is -2.35. The van der Waals surface area contributed by atoms with Crippen molar-refractivity contribution in [3.05, 3.63) is 16.9 Å². The molecule has 78 valence electrons. The van der Waals surface area contributed by atoms with Crippen LogP contribution < -0.4 is 10.6 Å². The number of nitrogens with two attached hydrogens (primary N) is 1. The minimum Gasteiger partial charge on any atom is -0.396 e. The molecule has 0 amide bonds. The Hall–Kier alpha value is -0.770. The van der Waals surface area contributed by atoms with Crippen LogP contribution in [0.4, 0.5) is 11.4 Å². The van der Waals surface area contributed by atoms with Gasteiger partial charge in [-0.25, -0.2) is 0 Å². The van der Waals surface area contributed by atoms with Crippen LogP contribution in [0, 0.1) is 0 Å². The molecular formula is C10H16BrN3. The molecule has 0 aliphatic heterocycles. The predicted octanol–water partition coefficient (Wildman–Crippen LogP) is 2.66. The van der Waals surface area contributed by atoms with Gasteiger partial charge in [-0.05, 0) is 36.7 Å². The number of hydrogen-bond donors (Lipinski definition) is 1. The fourth-order valence-corrected chi connectivity index (χ4v) is 1.75. The lowest BCUT2D eigenvalue weighted by atomic mass is 10.1. The maximum absolute atomic E-state index is 5.88. The van der Waals surface area contributed by atoms with Crippen LogP contribution in [0.15, 0.2) is 16.9 Å². The lowest BCUT2D eigenvalue weighted by molar-refractivity contribution is 0.538. The quantitative estimate of drug-likeness (QED) is 0.842. The minimum atomic E-state index is 0.0397. The Morgan fingerprint density at radius 2 is 1.93 bits per heavy atom. The zero-order chi connectivity index (χ0) is 10.9. The first-order valence-corrected chi connectivity index (χ1v) is 5.26. The number of aromatic nitrogens is 1. The van der Waals surface area contributed by atoms with E-state index in [9.17, 15) is 0 Å². The summed E-state index contributed by atoms with van der Waals surface area (Å²) in [5.41, 5.74) is 7.61. The van der Waals surface area contributed by atoms with Gasteiger partial charge in [-0.2, -0.15) is 0 Å². The smallest absolute Gasteiger partial charge is 0.0777 e. The number of nitrogen functional groups attached to an aromatic ring is 1. The van der Waals surface area contributed by atoms with Crippen LogP contribution in [0.2, 0.25) is 0 Å². The molecule has 0 atom stereocenters. The molecule has 0 aliphatic rings. The summed E-state index contributed by atoms with van der Waals surface area (Å²) in [5.74, 6) is 0. The Labute approximate surface area is 93.4 Å². The fourth-order valence-electron chi connectivity index (χ4n) is 1.13. The van der Waals surface area contributed by atoms with Crippen LogP contribution in [-0.4, -0.2) is 17.6 Å². The van der Waals surface area contributed by atoms with Crippen molar-refractivity contribution in [1.82, 2.24) is 4.98 Å². The lowest BCUT2D eigenvalue weighted by Crippen LogP contribution is -2.38. The van der Waals surface area contributed by atoms with Gasteiger partial charge in [0.25, 0.3) is 0 Å². The van der Waals surface area contributed by atoms with Crippen molar-refractivity contribution in [2.45, 2.75) is 26.3 Å². The van der Waals surface area contributed by atoms with Crippen molar-refractivity contribution in [3.8, 4) is 0 Å². The molecule has 2 N–H and O–H groups in total. The molecule has 0 unspecified atom stereocenters. The summed E-state index contributed by atoms with van der Waals surface area (Å²) in [6.45, 7) is 6.41. The third-order valence-electron chi connectivity index (χ3n) is 2.24. The van der Waals surface area contributed by atoms with Gasteiger partial charge in [-0.1, -0.05) is 0 Å². The van der Waals surface area contributed by atoms with E-state index in [0.29, 0.717) is 5.69 Å². The van der Waals surface area contributed by atoms with Crippen LogP contribution in [0.5, 0.6) is 0 Å². The minimum absolute atomic E-state index is 0.0397. The van der Waals surface area contributed by atoms with Crippen LogP contribution >= 0.6 is 15.9 Å². The summed E-state index contributed by atoms with van der Waals surface area (Å²) in [4.78, 5) is 6.14. The van der Waals surface area contributed by atoms with E-state index in [2.05, 4.69) is 46.6 Å². The first kappa shape index (κ1) is 11.3. The van der Waals surface area contributed by atoms with E-state index >= 15 is 0 Å². The molecule has 0 saturated carbocycles. The molecule has 1 rings (SSSR count). The summed E-state index contributed by atoms with van der Waals surface area (Å²) in [6.07, 6.45) is 3.43. The van der Waals surface area contributed by atoms with E-state index in [0.717, 1.165) is 10.2 Å². The molecule has 0 radical (unpaired) electrons. The van der Waals surface area contributed by atoms with Crippen LogP contribution in [0.1, 0.15) is 20.8 Å². The Bertz CT molecular complexity index is 310. The first-order chi connectivity index (χ1) is 6.34. The largest absolute Gasteiger partial charge is 0.396 e. The van der Waals surface area contributed by atoms with Crippen molar-refractivity contribution in [3.63, 3.8) is 0 Å². The van der Waals surface area contributed by atoms with Crippen LogP contribution in [0.3, 0.4) is 0 Å². The van der Waals surface area contributed by atoms with Crippen molar-refractivity contribution < 1.29 is 0 Å². The second-order valence-electron chi connectivity index (χ2n) is 4.29. The number of halogens is 1. The zero-order valence-electron chi connectivity index (χ0n) is 9.00. The van der Waals surface area contributed by atoms with Gasteiger partial charge in [0.05, 0.1) is 22.0 Å². The van der Waals surface area contributed by atoms with E-state index in [4.69, 9.17) is 5.73 Å². The molecule has 4 heteroatoms. The van der Waals surface area contributed by atoms with E-state index < -0.39 is 0 Å². The first-order valence-electron chi connectivity index (χ1n) is 4.47. The average Bonchev–Trinajstić information content (AvgIpc) is 2.01. The molecule has 1 aromatic rings. The summed E-state index contributed by atoms with van der Waals surface area (Å²) < 4.78 is 0.926. The van der Waals surface area contributed by atoms with Crippen molar-refractivity contribution >= 4 is 27.3 Å². The molecule has 0 spiro atoms. The van der Waals surface area contributed by atoms with Gasteiger partial charge in [0.2, 0.25) is 0 Å². The van der Waals surface area contributed by atoms with Crippen molar-refractivity contribution in [1.29, 1.82) is 0 Å². The summed E-state index contributed by atoms with van der Waals surface area (Å²) in [6, 6.07) is 0. The molecule has 14 heavy (non-hydrogen) atoms. The molecule has 0 bridgehead atoms. The van der Waals surface area contributed by atoms with Crippen LogP contribution in [-0.2, 0) is 0 Å². The molecular weight excluding hydrogens is 242 g/mol. The molecule has 0 fully saturated rings. The SMILES string of the molecule is CN(c1c(N)cncc1Br)C(C)(C)C. The average molecular weight is 258 g/mol. The maximum Gasteiger partial charge on any atom is 0.0777 e. The second kappa shape index (κ2) is 3.77. The third kappa shape index (κ3) is 2.18. The predicted molar refractivity (Wildman–Crippen MR) is 64.5 cm³/mol. The Morgan fingerprint density at radius 1 is 1.36 bits per heavy atom. The van der Waals surface area contributed by atoms with Gasteiger partial charge >= 0.3 is 0 Å². The van der Waals surface area contributed by atoms with Crippen molar-refractivity contribution in [2.75, 3.05) is 17.7 Å². The second-order valence-corrected chi connectivity index (χ2v) is 5.14. The zero-order valence-corrected chi connectivity index (χ0v) is 10.6. The topological polar surface area (TPSA) is 42.1 Å². The van der Waals surface area contributed by atoms with E-state index in [1.807, 2.05) is 7.05 Å². The third-order valence-corrected chi connectivity index (χ3v) is 2.82. The summed E-state index contributed by atoms with van der Waals surface area (Å²) in [7, 11) is 2.02. The maximum atomic E-state index is 5.88. The van der Waals surface area contributed by atoms with Gasteiger partial charge in [-0.15, -0.1) is 0 Å². The number of rotatable bonds is 1. The molecule has 0 aliphatic carbocycles. The standard InChI is InChI=1S/C10H16BrN3/c1-10(2,3)14(4)9-7(11)5-13-6-8(9)12/h5-6H,12H2,1-4H3. The number of nitrogens with zero attached hydrogens (tertiary/aromatic N) is 2. The number of pyridine rings is 1. The molecule has 3 nitrogen and oxygen atoms in total. The highest BCUT2D eigenvalue weighted by Crippen LogP contribution is 2.33. The van der Waals surface area contributed by atoms with Gasteiger partial charge in [-0.3, -0.25) is 4.98 Å². The number of anilines is 2. The highest BCUT2D eigenvalue weighted by Gasteiger charge is 2.21.